The Balaban J connectivity index is 3.01. The zero-order valence-electron chi connectivity index (χ0n) is 28.2. The van der Waals surface area contributed by atoms with E-state index in [4.69, 9.17) is 4.74 Å². The molecule has 3 nitrogen and oxygen atoms in total. The van der Waals surface area contributed by atoms with E-state index in [0.29, 0.717) is 12.2 Å². The van der Waals surface area contributed by atoms with Crippen molar-refractivity contribution in [3.05, 3.63) is 57.6 Å². The first-order valence-electron chi connectivity index (χ1n) is 15.4. The molecule has 0 radical (unpaired) electrons. The van der Waals surface area contributed by atoms with E-state index in [0.717, 1.165) is 47.3 Å². The van der Waals surface area contributed by atoms with E-state index in [2.05, 4.69) is 114 Å². The van der Waals surface area contributed by atoms with E-state index in [-0.39, 0.29) is 33.5 Å². The lowest BCUT2D eigenvalue weighted by molar-refractivity contribution is -0.134. The van der Waals surface area contributed by atoms with Crippen molar-refractivity contribution in [1.82, 2.24) is 0 Å². The van der Waals surface area contributed by atoms with Gasteiger partial charge in [-0.2, -0.15) is 0 Å². The minimum Gasteiger partial charge on any atom is -0.507 e. The molecule has 3 heteroatoms. The molecule has 0 heterocycles. The fourth-order valence-corrected chi connectivity index (χ4v) is 5.39. The van der Waals surface area contributed by atoms with Gasteiger partial charge >= 0.3 is 5.97 Å². The fraction of sp³-hybridized carbons (Fsp3) is 0.649. The van der Waals surface area contributed by atoms with Gasteiger partial charge in [0.2, 0.25) is 0 Å². The maximum Gasteiger partial charge on any atom is 0.310 e. The highest BCUT2D eigenvalue weighted by Crippen LogP contribution is 2.46. The summed E-state index contributed by atoms with van der Waals surface area (Å²) in [4.78, 5) is 12.6. The molecule has 0 spiro atoms. The molecule has 1 atom stereocenters. The molecule has 0 saturated carbocycles. The summed E-state index contributed by atoms with van der Waals surface area (Å²) in [5.41, 5.74) is 5.83. The Bertz CT molecular complexity index is 1100. The van der Waals surface area contributed by atoms with Gasteiger partial charge in [0.25, 0.3) is 0 Å². The van der Waals surface area contributed by atoms with Crippen molar-refractivity contribution in [3.8, 4) is 11.5 Å². The van der Waals surface area contributed by atoms with Gasteiger partial charge in [-0.25, -0.2) is 0 Å². The Labute approximate surface area is 246 Å². The number of carbonyl (C=O) groups excluding carboxylic acids is 1. The maximum absolute atomic E-state index is 12.6. The molecule has 0 aliphatic carbocycles. The summed E-state index contributed by atoms with van der Waals surface area (Å²) in [7, 11) is 0. The molecule has 0 amide bonds. The van der Waals surface area contributed by atoms with Gasteiger partial charge in [-0.3, -0.25) is 4.79 Å². The van der Waals surface area contributed by atoms with Crippen molar-refractivity contribution in [2.75, 3.05) is 0 Å². The third-order valence-corrected chi connectivity index (χ3v) is 7.88. The van der Waals surface area contributed by atoms with Crippen molar-refractivity contribution in [1.29, 1.82) is 0 Å². The minimum absolute atomic E-state index is 0.160. The average molecular weight is 551 g/mol. The Hall–Kier alpha value is -2.29. The molecule has 0 bridgehead atoms. The van der Waals surface area contributed by atoms with Crippen LogP contribution in [0, 0.1) is 0 Å². The normalized spacial score (nSPS) is 13.8. The highest BCUT2D eigenvalue weighted by atomic mass is 16.5. The average Bonchev–Trinajstić information content (AvgIpc) is 2.79. The van der Waals surface area contributed by atoms with Gasteiger partial charge in [-0.15, -0.1) is 0 Å². The third kappa shape index (κ3) is 8.14. The van der Waals surface area contributed by atoms with Crippen LogP contribution in [0.1, 0.15) is 168 Å². The Morgan fingerprint density at radius 1 is 0.675 bits per heavy atom. The molecule has 2 aromatic carbocycles. The first kappa shape index (κ1) is 33.9. The Morgan fingerprint density at radius 2 is 1.05 bits per heavy atom. The number of ether oxygens (including phenoxy) is 1. The van der Waals surface area contributed by atoms with Gasteiger partial charge < -0.3 is 9.84 Å². The van der Waals surface area contributed by atoms with Crippen LogP contribution < -0.4 is 4.74 Å². The lowest BCUT2D eigenvalue weighted by Crippen LogP contribution is -2.23. The van der Waals surface area contributed by atoms with E-state index in [1.807, 2.05) is 6.92 Å². The second kappa shape index (κ2) is 12.3. The lowest BCUT2D eigenvalue weighted by Gasteiger charge is -2.33. The molecule has 0 aliphatic heterocycles. The first-order valence-corrected chi connectivity index (χ1v) is 15.4. The molecular formula is C37H58O3. The van der Waals surface area contributed by atoms with Gasteiger partial charge in [0, 0.05) is 23.5 Å². The molecule has 0 aromatic heterocycles. The number of hydrogen-bond donors (Lipinski definition) is 1. The summed E-state index contributed by atoms with van der Waals surface area (Å²) in [5, 5.41) is 11.4. The Morgan fingerprint density at radius 3 is 1.38 bits per heavy atom. The monoisotopic (exact) mass is 550 g/mol. The predicted molar refractivity (Wildman–Crippen MR) is 171 cm³/mol. The van der Waals surface area contributed by atoms with E-state index >= 15 is 0 Å². The maximum atomic E-state index is 12.6. The van der Waals surface area contributed by atoms with E-state index in [1.165, 1.54) is 17.5 Å². The zero-order valence-corrected chi connectivity index (χ0v) is 28.2. The minimum atomic E-state index is -0.213. The van der Waals surface area contributed by atoms with Gasteiger partial charge in [-0.05, 0) is 50.3 Å². The number of rotatable bonds is 8. The molecule has 40 heavy (non-hydrogen) atoms. The van der Waals surface area contributed by atoms with Crippen molar-refractivity contribution in [2.45, 2.75) is 157 Å². The van der Waals surface area contributed by atoms with Crippen LogP contribution in [0.5, 0.6) is 11.5 Å². The van der Waals surface area contributed by atoms with Crippen LogP contribution >= 0.6 is 0 Å². The van der Waals surface area contributed by atoms with Crippen LogP contribution in [-0.4, -0.2) is 11.1 Å². The number of phenols is 1. The summed E-state index contributed by atoms with van der Waals surface area (Å²) >= 11 is 0. The smallest absolute Gasteiger partial charge is 0.310 e. The van der Waals surface area contributed by atoms with Crippen LogP contribution in [0.15, 0.2) is 24.3 Å². The van der Waals surface area contributed by atoms with Crippen LogP contribution in [0.25, 0.3) is 0 Å². The van der Waals surface area contributed by atoms with Gasteiger partial charge in [0.15, 0.2) is 0 Å². The van der Waals surface area contributed by atoms with Crippen LogP contribution in [0.4, 0.5) is 0 Å². The lowest BCUT2D eigenvalue weighted by atomic mass is 9.73. The fourth-order valence-electron chi connectivity index (χ4n) is 5.39. The zero-order chi connectivity index (χ0) is 30.8. The molecule has 0 saturated heterocycles. The van der Waals surface area contributed by atoms with Crippen molar-refractivity contribution in [3.63, 3.8) is 0 Å². The van der Waals surface area contributed by atoms with E-state index in [9.17, 15) is 9.90 Å². The highest BCUT2D eigenvalue weighted by Gasteiger charge is 2.33. The second-order valence-corrected chi connectivity index (χ2v) is 15.8. The number of carbonyl (C=O) groups is 1. The summed E-state index contributed by atoms with van der Waals surface area (Å²) < 4.78 is 6.09. The van der Waals surface area contributed by atoms with Gasteiger partial charge in [0.05, 0.1) is 0 Å². The van der Waals surface area contributed by atoms with E-state index in [1.54, 1.807) is 0 Å². The Kier molecular flexibility index (Phi) is 10.4. The molecule has 0 fully saturated rings. The quantitative estimate of drug-likeness (QED) is 0.202. The molecular weight excluding hydrogens is 492 g/mol. The van der Waals surface area contributed by atoms with Crippen LogP contribution in [0.2, 0.25) is 0 Å². The third-order valence-electron chi connectivity index (χ3n) is 7.88. The number of hydrogen-bond acceptors (Lipinski definition) is 3. The molecule has 1 N–H and O–H groups in total. The van der Waals surface area contributed by atoms with Crippen molar-refractivity contribution < 1.29 is 14.6 Å². The largest absolute Gasteiger partial charge is 0.507 e. The summed E-state index contributed by atoms with van der Waals surface area (Å²) in [6, 6.07) is 9.09. The SMILES string of the molecule is CCCCCC(c1cc(C(C)(C)C)c(O)c(C(C)(C)C)c1)c1cc(C(C)(C)C)c(OC(=O)CC)c(C(C)(C)C)c1. The molecule has 2 aromatic rings. The standard InChI is InChI=1S/C37H58O3/c1-15-17-18-19-26(24-20-27(34(3,4)5)32(39)28(21-24)35(6,7)8)25-22-29(36(9,10)11)33(40-31(38)16-2)30(23-25)37(12,13)14/h20-23,26,39H,15-19H2,1-14H3. The molecule has 1 unspecified atom stereocenters. The molecule has 224 valence electrons. The predicted octanol–water partition coefficient (Wildman–Crippen LogP) is 10.6. The van der Waals surface area contributed by atoms with E-state index < -0.39 is 0 Å². The summed E-state index contributed by atoms with van der Waals surface area (Å²) in [6.45, 7) is 30.3. The number of phenolic OH excluding ortho intramolecular Hbond substituents is 1. The van der Waals surface area contributed by atoms with Crippen molar-refractivity contribution in [2.24, 2.45) is 0 Å². The van der Waals surface area contributed by atoms with Crippen LogP contribution in [0.3, 0.4) is 0 Å². The number of unbranched alkanes of at least 4 members (excludes halogenated alkanes) is 2. The topological polar surface area (TPSA) is 46.5 Å². The summed E-state index contributed by atoms with van der Waals surface area (Å²) in [6.07, 6.45) is 4.83. The first-order chi connectivity index (χ1) is 18.1. The highest BCUT2D eigenvalue weighted by molar-refractivity contribution is 5.73. The number of aromatic hydroxyl groups is 1. The number of esters is 1. The van der Waals surface area contributed by atoms with Gasteiger partial charge in [0.1, 0.15) is 11.5 Å². The number of benzene rings is 2. The van der Waals surface area contributed by atoms with Crippen LogP contribution in [-0.2, 0) is 26.5 Å². The van der Waals surface area contributed by atoms with Crippen molar-refractivity contribution >= 4 is 5.97 Å². The molecule has 2 rings (SSSR count). The second-order valence-electron chi connectivity index (χ2n) is 15.8. The summed E-state index contributed by atoms with van der Waals surface area (Å²) in [5.74, 6) is 1.10. The molecule has 0 aliphatic rings. The van der Waals surface area contributed by atoms with Gasteiger partial charge in [-0.1, -0.05) is 140 Å².